The number of methoxy groups -OCH3 is 4. The maximum atomic E-state index is 15.0. The summed E-state index contributed by atoms with van der Waals surface area (Å²) in [6, 6.07) is 0.211. The first kappa shape index (κ1) is 99.4. The third-order valence-corrected chi connectivity index (χ3v) is 30.1. The van der Waals surface area contributed by atoms with Gasteiger partial charge >= 0.3 is 36.6 Å². The number of rotatable bonds is 22. The van der Waals surface area contributed by atoms with Crippen molar-refractivity contribution in [3.05, 3.63) is 71.6 Å². The number of sulfonamides is 2. The molecule has 708 valence electrons. The minimum absolute atomic E-state index is 0.0501. The molecule has 8 aliphatic rings. The summed E-state index contributed by atoms with van der Waals surface area (Å²) < 4.78 is 296. The predicted octanol–water partition coefficient (Wildman–Crippen LogP) is 13.3. The van der Waals surface area contributed by atoms with Gasteiger partial charge in [-0.05, 0) is 154 Å². The Morgan fingerprint density at radius 3 is 1.15 bits per heavy atom. The van der Waals surface area contributed by atoms with Crippen molar-refractivity contribution in [3.63, 3.8) is 0 Å². The van der Waals surface area contributed by atoms with Crippen LogP contribution in [0.2, 0.25) is 0 Å². The van der Waals surface area contributed by atoms with E-state index in [2.05, 4.69) is 29.4 Å². The first-order chi connectivity index (χ1) is 59.3. The number of esters is 2. The minimum Gasteiger partial charge on any atom is -0.494 e. The van der Waals surface area contributed by atoms with Crippen molar-refractivity contribution in [2.45, 2.75) is 241 Å². The van der Waals surface area contributed by atoms with Crippen LogP contribution in [0, 0.1) is 69.8 Å². The van der Waals surface area contributed by atoms with E-state index < -0.39 is 281 Å². The fourth-order valence-corrected chi connectivity index (χ4v) is 19.6. The Hall–Kier alpha value is -9.20. The number of carbonyl (C=O) groups is 8. The monoisotopic (exact) mass is 1870 g/mol. The summed E-state index contributed by atoms with van der Waals surface area (Å²) in [7, 11) is -3.49. The van der Waals surface area contributed by atoms with Crippen molar-refractivity contribution in [1.82, 2.24) is 39.2 Å². The molecule has 6 heterocycles. The molecule has 4 saturated carbocycles. The number of hydrogen-bond donors (Lipinski definition) is 2. The molecule has 0 spiro atoms. The molecule has 14 atom stereocenters. The van der Waals surface area contributed by atoms with Crippen molar-refractivity contribution in [2.75, 3.05) is 54.7 Å². The second kappa shape index (κ2) is 36.9. The quantitative estimate of drug-likeness (QED) is 0.0419. The molecule has 128 heavy (non-hydrogen) atoms. The lowest BCUT2D eigenvalue weighted by molar-refractivity contribution is -0.257. The third kappa shape index (κ3) is 21.7. The highest BCUT2D eigenvalue weighted by Gasteiger charge is 2.66. The maximum absolute atomic E-state index is 15.0. The lowest BCUT2D eigenvalue weighted by atomic mass is 9.81. The Balaban J connectivity index is 0.000000248. The number of benzene rings is 2. The number of alkyl halides is 12. The molecule has 2 aromatic carbocycles. The Bertz CT molecular complexity index is 4920. The van der Waals surface area contributed by atoms with Gasteiger partial charge in [-0.25, -0.2) is 45.6 Å². The molecule has 0 bridgehead atoms. The molecule has 4 aromatic rings. The molecule has 4 amide bonds. The fraction of sp³-hybridized carbons (Fsp3) is 0.667. The van der Waals surface area contributed by atoms with E-state index in [1.165, 1.54) is 28.1 Å². The van der Waals surface area contributed by atoms with Crippen LogP contribution in [0.15, 0.2) is 48.6 Å². The maximum Gasteiger partial charge on any atom is 0.438 e. The van der Waals surface area contributed by atoms with Gasteiger partial charge in [-0.3, -0.25) is 47.8 Å². The molecule has 28 nitrogen and oxygen atoms in total. The topological polar surface area (TPSA) is 361 Å². The van der Waals surface area contributed by atoms with Crippen molar-refractivity contribution in [3.8, 4) is 23.3 Å². The average molecular weight is 1870 g/mol. The number of hydrogen-bond acceptors (Lipinski definition) is 24. The van der Waals surface area contributed by atoms with Crippen molar-refractivity contribution < 1.29 is 155 Å². The van der Waals surface area contributed by atoms with Crippen LogP contribution in [0.25, 0.3) is 22.1 Å². The molecule has 12 rings (SSSR count). The van der Waals surface area contributed by atoms with Gasteiger partial charge in [0.05, 0.1) is 106 Å². The van der Waals surface area contributed by atoms with Gasteiger partial charge in [-0.2, -0.15) is 52.7 Å². The molecular weight excluding hydrogens is 1770 g/mol. The number of amides is 4. The third-order valence-electron chi connectivity index (χ3n) is 25.8. The van der Waals surface area contributed by atoms with Gasteiger partial charge in [0.1, 0.15) is 12.2 Å². The highest BCUT2D eigenvalue weighted by atomic mass is 32.2. The highest BCUT2D eigenvalue weighted by molar-refractivity contribution is 7.92. The van der Waals surface area contributed by atoms with Crippen LogP contribution in [0.3, 0.4) is 0 Å². The van der Waals surface area contributed by atoms with Gasteiger partial charge in [0.25, 0.3) is 0 Å². The van der Waals surface area contributed by atoms with Gasteiger partial charge in [0, 0.05) is 77.4 Å². The van der Waals surface area contributed by atoms with Gasteiger partial charge in [0.15, 0.2) is 34.7 Å². The van der Waals surface area contributed by atoms with Crippen molar-refractivity contribution in [2.24, 2.45) is 58.2 Å². The molecule has 2 N–H and O–H groups in total. The second-order valence-electron chi connectivity index (χ2n) is 36.4. The zero-order valence-corrected chi connectivity index (χ0v) is 73.7. The summed E-state index contributed by atoms with van der Waals surface area (Å²) in [5.74, 6) is -19.5. The summed E-state index contributed by atoms with van der Waals surface area (Å²) in [4.78, 5) is 131. The van der Waals surface area contributed by atoms with Crippen LogP contribution in [0.5, 0.6) is 23.3 Å². The highest BCUT2D eigenvalue weighted by Crippen LogP contribution is 2.60. The first-order valence-electron chi connectivity index (χ1n) is 41.6. The zero-order valence-electron chi connectivity index (χ0n) is 72.1. The number of Topliss-reactive ketones (excluding diaryl/α,β-unsaturated/α-hetero) is 2. The van der Waals surface area contributed by atoms with E-state index >= 15 is 9.59 Å². The fourth-order valence-electron chi connectivity index (χ4n) is 17.0. The number of fused-ring (bicyclic) bond motifs is 6. The van der Waals surface area contributed by atoms with E-state index in [1.807, 2.05) is 13.8 Å². The molecule has 4 aliphatic heterocycles. The molecular formula is C84H102F14N8O20S2. The Morgan fingerprint density at radius 1 is 0.508 bits per heavy atom. The number of aromatic nitrogens is 4. The normalized spacial score (nSPS) is 28.3. The number of carbonyl (C=O) groups excluding carboxylic acids is 8. The van der Waals surface area contributed by atoms with Crippen LogP contribution in [-0.4, -0.2) is 206 Å². The lowest BCUT2D eigenvalue weighted by Gasteiger charge is -2.34. The van der Waals surface area contributed by atoms with Gasteiger partial charge < -0.3 is 47.7 Å². The van der Waals surface area contributed by atoms with E-state index in [9.17, 15) is 107 Å². The summed E-state index contributed by atoms with van der Waals surface area (Å²) in [6.45, 7) is 7.57. The predicted molar refractivity (Wildman–Crippen MR) is 425 cm³/mol. The van der Waals surface area contributed by atoms with Crippen molar-refractivity contribution in [1.29, 1.82) is 0 Å². The molecule has 4 aliphatic carbocycles. The summed E-state index contributed by atoms with van der Waals surface area (Å²) in [6.07, 6.45) is -16.8. The Morgan fingerprint density at radius 2 is 0.844 bits per heavy atom. The van der Waals surface area contributed by atoms with Crippen LogP contribution in [0.4, 0.5) is 61.5 Å². The molecule has 2 aromatic heterocycles. The van der Waals surface area contributed by atoms with E-state index in [4.69, 9.17) is 37.9 Å². The number of ketones is 2. The SMILES string of the molecule is COC[C@@H]1C[C@@H](C)CC/C=C\[C@@H]2C[C@@]2(C(=O)NS(=O)(=O)C2(C)CC2)CC(=O)[C@@H]2C[C@@H](Oc3nc4cc(OC)c(F)cc4nc3C(F)(F)F)CN2C(=O)[C@H]1CC(=O)OC(C)(C)C(F)(F)F.COC[C@@H]1C[C@H](C)CC/C=C\[C@@H]2C[C@@]2(C(=O)NS(=O)(=O)C2(C)CC2)CC(=O)[C@@H]2C[C@@H](Oc3nc4cc(OC)c(F)cc4nc3C(F)(F)F)CN2C(=O)[C@H]1CC(=O)OC(C)(C)C(F)(F)F. The van der Waals surface area contributed by atoms with E-state index in [0.29, 0.717) is 91.2 Å². The van der Waals surface area contributed by atoms with Gasteiger partial charge in [-0.1, -0.05) is 38.2 Å². The van der Waals surface area contributed by atoms with Crippen molar-refractivity contribution >= 4 is 89.2 Å². The molecule has 0 unspecified atom stereocenters. The lowest BCUT2D eigenvalue weighted by Crippen LogP contribution is -2.49. The smallest absolute Gasteiger partial charge is 0.438 e. The minimum atomic E-state index is -5.22. The van der Waals surface area contributed by atoms with Crippen LogP contribution < -0.4 is 28.4 Å². The standard InChI is InChI=1S/2C42H51F7N4O10S/c2*1-22-9-7-8-10-24-18-40(24,37(57)52-64(58,59)39(4)11-12-39)19-31(54)30-14-25(62-35-34(41(44,45)46)50-28-16-27(43)32(61-6)17-29(28)51-35)20-53(30)36(56)26(23(13-22)21-60-5)15-33(55)63-38(2,3)42(47,48)49/h2*8,10,16-17,22-26,30H,7,9,11-15,18-21H2,1-6H3,(H,52,57)/b2*10-8-/t22-,23+,24-,25-,26+,30+,40-;22-,23-,24+,25+,26-,30-,40+/m10/s1. The molecule has 6 fully saturated rings. The number of halogens is 14. The summed E-state index contributed by atoms with van der Waals surface area (Å²) in [5, 5.41) is 0. The van der Waals surface area contributed by atoms with Crippen LogP contribution >= 0.6 is 0 Å². The van der Waals surface area contributed by atoms with E-state index in [1.54, 1.807) is 24.3 Å². The molecule has 0 radical (unpaired) electrons. The Labute approximate surface area is 728 Å². The first-order valence-corrected chi connectivity index (χ1v) is 44.5. The second-order valence-corrected chi connectivity index (χ2v) is 40.8. The van der Waals surface area contributed by atoms with E-state index in [0.717, 1.165) is 36.2 Å². The number of ether oxygens (including phenoxy) is 8. The molecule has 44 heteroatoms. The average Bonchev–Trinajstić information content (AvgIpc) is 1.61. The Kier molecular flexibility index (Phi) is 28.6. The summed E-state index contributed by atoms with van der Waals surface area (Å²) in [5.41, 5.74) is -14.0. The molecule has 2 saturated heterocycles. The number of allylic oxidation sites excluding steroid dienone is 4. The number of nitrogens with one attached hydrogen (secondary N) is 2. The zero-order chi connectivity index (χ0) is 94.7. The van der Waals surface area contributed by atoms with E-state index in [-0.39, 0.29) is 73.3 Å². The van der Waals surface area contributed by atoms with Gasteiger partial charge in [-0.15, -0.1) is 0 Å². The van der Waals surface area contributed by atoms with Crippen LogP contribution in [0.1, 0.15) is 182 Å². The largest absolute Gasteiger partial charge is 0.494 e. The van der Waals surface area contributed by atoms with Crippen LogP contribution in [-0.2, 0) is 89.7 Å². The number of nitrogens with zero attached hydrogens (tertiary/aromatic N) is 6. The summed E-state index contributed by atoms with van der Waals surface area (Å²) >= 11 is 0. The van der Waals surface area contributed by atoms with Gasteiger partial charge in [0.2, 0.25) is 78.0 Å².